The molecule has 0 heterocycles. The van der Waals surface area contributed by atoms with Crippen LogP contribution in [0.1, 0.15) is 26.7 Å². The maximum atomic E-state index is 5.95. The molecule has 0 fully saturated rings. The Bertz CT molecular complexity index is 273. The molecule has 0 N–H and O–H groups in total. The van der Waals surface area contributed by atoms with Crippen LogP contribution in [-0.2, 0) is 4.43 Å². The third kappa shape index (κ3) is 4.25. The largest absolute Gasteiger partial charge is 0.545 e. The Balaban J connectivity index is 2.67. The van der Waals surface area contributed by atoms with Crippen LogP contribution in [-0.4, -0.2) is 8.32 Å². The highest BCUT2D eigenvalue weighted by Gasteiger charge is 2.22. The lowest BCUT2D eigenvalue weighted by atomic mass is 9.84. The summed E-state index contributed by atoms with van der Waals surface area (Å²) >= 11 is 0. The maximum Gasteiger partial charge on any atom is 0.242 e. The van der Waals surface area contributed by atoms with Gasteiger partial charge in [0.2, 0.25) is 8.32 Å². The highest BCUT2D eigenvalue weighted by molar-refractivity contribution is 6.70. The Labute approximate surface area is 95.4 Å². The van der Waals surface area contributed by atoms with Gasteiger partial charge in [-0.3, -0.25) is 0 Å². The molecule has 15 heavy (non-hydrogen) atoms. The first kappa shape index (κ1) is 12.6. The number of rotatable bonds is 3. The van der Waals surface area contributed by atoms with Crippen molar-refractivity contribution < 1.29 is 4.43 Å². The van der Waals surface area contributed by atoms with Crippen LogP contribution in [0.3, 0.4) is 0 Å². The topological polar surface area (TPSA) is 9.23 Å². The minimum absolute atomic E-state index is 0.672. The Morgan fingerprint density at radius 3 is 2.47 bits per heavy atom. The fourth-order valence-corrected chi connectivity index (χ4v) is 3.09. The third-order valence-corrected chi connectivity index (χ3v) is 3.47. The van der Waals surface area contributed by atoms with Gasteiger partial charge >= 0.3 is 0 Å². The van der Waals surface area contributed by atoms with Gasteiger partial charge in [0, 0.05) is 0 Å². The highest BCUT2D eigenvalue weighted by atomic mass is 28.4. The van der Waals surface area contributed by atoms with Gasteiger partial charge < -0.3 is 4.43 Å². The van der Waals surface area contributed by atoms with Crippen LogP contribution < -0.4 is 0 Å². The smallest absolute Gasteiger partial charge is 0.242 e. The van der Waals surface area contributed by atoms with Crippen LogP contribution in [0.5, 0.6) is 0 Å². The zero-order chi connectivity index (χ0) is 11.6. The van der Waals surface area contributed by atoms with Crippen molar-refractivity contribution in [2.24, 2.45) is 11.8 Å². The molecule has 0 aromatic rings. The van der Waals surface area contributed by atoms with Crippen molar-refractivity contribution in [2.45, 2.75) is 46.3 Å². The number of hydrogen-bond acceptors (Lipinski definition) is 1. The van der Waals surface area contributed by atoms with E-state index in [9.17, 15) is 0 Å². The monoisotopic (exact) mass is 224 g/mol. The molecule has 0 aromatic heterocycles. The average Bonchev–Trinajstić information content (AvgIpc) is 1.98. The second-order valence-electron chi connectivity index (χ2n) is 5.85. The van der Waals surface area contributed by atoms with E-state index in [-0.39, 0.29) is 0 Å². The molecule has 86 valence electrons. The van der Waals surface area contributed by atoms with Crippen molar-refractivity contribution in [2.75, 3.05) is 0 Å². The van der Waals surface area contributed by atoms with Crippen molar-refractivity contribution in [3.05, 3.63) is 24.0 Å². The Morgan fingerprint density at radius 1 is 1.40 bits per heavy atom. The van der Waals surface area contributed by atoms with E-state index in [0.29, 0.717) is 5.92 Å². The van der Waals surface area contributed by atoms with Crippen LogP contribution in [0.15, 0.2) is 24.0 Å². The van der Waals surface area contributed by atoms with Gasteiger partial charge in [0.05, 0.1) is 5.76 Å². The summed E-state index contributed by atoms with van der Waals surface area (Å²) in [4.78, 5) is 0. The quantitative estimate of drug-likeness (QED) is 0.512. The van der Waals surface area contributed by atoms with Gasteiger partial charge in [-0.1, -0.05) is 26.5 Å². The highest BCUT2D eigenvalue weighted by Crippen LogP contribution is 2.32. The zero-order valence-corrected chi connectivity index (χ0v) is 11.8. The molecule has 1 nitrogen and oxygen atoms in total. The van der Waals surface area contributed by atoms with Gasteiger partial charge in [-0.05, 0) is 49.9 Å². The zero-order valence-electron chi connectivity index (χ0n) is 10.8. The van der Waals surface area contributed by atoms with Gasteiger partial charge in [0.25, 0.3) is 0 Å². The average molecular weight is 224 g/mol. The second-order valence-corrected chi connectivity index (χ2v) is 10.3. The Hall–Kier alpha value is -0.503. The SMILES string of the molecule is C=C(O[Si](C)(C)C)C1=C[C@H](C)C[C@H](C)C1. The van der Waals surface area contributed by atoms with Gasteiger partial charge in [-0.2, -0.15) is 0 Å². The summed E-state index contributed by atoms with van der Waals surface area (Å²) < 4.78 is 5.95. The molecule has 0 saturated carbocycles. The van der Waals surface area contributed by atoms with E-state index in [1.54, 1.807) is 0 Å². The molecule has 0 aliphatic heterocycles. The molecule has 1 rings (SSSR count). The molecule has 0 saturated heterocycles. The van der Waals surface area contributed by atoms with E-state index < -0.39 is 8.32 Å². The van der Waals surface area contributed by atoms with Gasteiger partial charge in [-0.15, -0.1) is 0 Å². The minimum atomic E-state index is -1.49. The van der Waals surface area contributed by atoms with E-state index in [2.05, 4.69) is 46.1 Å². The standard InChI is InChI=1S/C13H24OSi/c1-10-7-11(2)9-13(8-10)12(3)14-15(4,5)6/h8,10-11H,3,7,9H2,1-2,4-6H3/t10-,11+/m1/s1. The molecule has 0 amide bonds. The minimum Gasteiger partial charge on any atom is -0.545 e. The third-order valence-electron chi connectivity index (χ3n) is 2.62. The molecule has 1 aliphatic rings. The lowest BCUT2D eigenvalue weighted by Crippen LogP contribution is -2.26. The Morgan fingerprint density at radius 2 is 2.00 bits per heavy atom. The fraction of sp³-hybridized carbons (Fsp3) is 0.692. The van der Waals surface area contributed by atoms with Crippen molar-refractivity contribution >= 4 is 8.32 Å². The molecule has 0 bridgehead atoms. The molecule has 2 atom stereocenters. The molecule has 1 aliphatic carbocycles. The van der Waals surface area contributed by atoms with Crippen LogP contribution in [0, 0.1) is 11.8 Å². The van der Waals surface area contributed by atoms with E-state index in [0.717, 1.165) is 18.1 Å². The predicted molar refractivity (Wildman–Crippen MR) is 69.2 cm³/mol. The first-order valence-electron chi connectivity index (χ1n) is 5.87. The summed E-state index contributed by atoms with van der Waals surface area (Å²) in [6.07, 6.45) is 4.76. The first-order valence-corrected chi connectivity index (χ1v) is 9.28. The van der Waals surface area contributed by atoms with E-state index in [4.69, 9.17) is 4.43 Å². The van der Waals surface area contributed by atoms with Crippen LogP contribution in [0.2, 0.25) is 19.6 Å². The first-order chi connectivity index (χ1) is 6.78. The van der Waals surface area contributed by atoms with Gasteiger partial charge in [0.1, 0.15) is 0 Å². The van der Waals surface area contributed by atoms with Gasteiger partial charge in [0.15, 0.2) is 0 Å². The lowest BCUT2D eigenvalue weighted by molar-refractivity contribution is 0.389. The summed E-state index contributed by atoms with van der Waals surface area (Å²) in [5, 5.41) is 0. The summed E-state index contributed by atoms with van der Waals surface area (Å²) in [5.74, 6) is 2.36. The number of hydrogen-bond donors (Lipinski definition) is 0. The lowest BCUT2D eigenvalue weighted by Gasteiger charge is -2.28. The predicted octanol–water partition coefficient (Wildman–Crippen LogP) is 4.34. The number of allylic oxidation sites excluding steroid dienone is 2. The van der Waals surface area contributed by atoms with Crippen molar-refractivity contribution in [1.29, 1.82) is 0 Å². The van der Waals surface area contributed by atoms with E-state index >= 15 is 0 Å². The van der Waals surface area contributed by atoms with Crippen molar-refractivity contribution in [1.82, 2.24) is 0 Å². The van der Waals surface area contributed by atoms with Crippen LogP contribution in [0.25, 0.3) is 0 Å². The molecule has 0 unspecified atom stereocenters. The summed E-state index contributed by atoms with van der Waals surface area (Å²) in [5.41, 5.74) is 1.34. The van der Waals surface area contributed by atoms with Crippen molar-refractivity contribution in [3.63, 3.8) is 0 Å². The maximum absolute atomic E-state index is 5.95. The second kappa shape index (κ2) is 4.56. The molecule has 2 heteroatoms. The summed E-state index contributed by atoms with van der Waals surface area (Å²) in [6.45, 7) is 15.3. The van der Waals surface area contributed by atoms with E-state index in [1.807, 2.05) is 0 Å². The molecule has 0 spiro atoms. The summed E-state index contributed by atoms with van der Waals surface area (Å²) in [7, 11) is -1.49. The molecule has 0 radical (unpaired) electrons. The molecule has 0 aromatic carbocycles. The fourth-order valence-electron chi connectivity index (χ4n) is 2.21. The van der Waals surface area contributed by atoms with Crippen LogP contribution >= 0.6 is 0 Å². The molecular weight excluding hydrogens is 200 g/mol. The summed E-state index contributed by atoms with van der Waals surface area (Å²) in [6, 6.07) is 0. The van der Waals surface area contributed by atoms with Crippen LogP contribution in [0.4, 0.5) is 0 Å². The molecular formula is C13H24OSi. The van der Waals surface area contributed by atoms with Gasteiger partial charge in [-0.25, -0.2) is 0 Å². The van der Waals surface area contributed by atoms with Crippen molar-refractivity contribution in [3.8, 4) is 0 Å². The normalized spacial score (nSPS) is 27.1. The Kier molecular flexibility index (Phi) is 3.82. The van der Waals surface area contributed by atoms with E-state index in [1.165, 1.54) is 12.0 Å².